The quantitative estimate of drug-likeness (QED) is 0.644. The summed E-state index contributed by atoms with van der Waals surface area (Å²) in [5, 5.41) is 6.62. The van der Waals surface area contributed by atoms with Crippen molar-refractivity contribution >= 4 is 23.1 Å². The number of rotatable bonds is 7. The van der Waals surface area contributed by atoms with Crippen LogP contribution in [0.15, 0.2) is 54.7 Å². The Hall–Kier alpha value is -2.40. The zero-order chi connectivity index (χ0) is 16.8. The van der Waals surface area contributed by atoms with E-state index in [0.717, 1.165) is 18.9 Å². The van der Waals surface area contributed by atoms with Crippen LogP contribution in [-0.2, 0) is 6.54 Å². The van der Waals surface area contributed by atoms with Crippen LogP contribution in [0, 0.1) is 5.92 Å². The van der Waals surface area contributed by atoms with E-state index in [9.17, 15) is 0 Å². The number of nitrogens with zero attached hydrogens (tertiary/aromatic N) is 2. The molecule has 24 heavy (non-hydrogen) atoms. The van der Waals surface area contributed by atoms with Gasteiger partial charge in [-0.3, -0.25) is 0 Å². The van der Waals surface area contributed by atoms with Gasteiger partial charge in [0.05, 0.1) is 6.54 Å². The minimum absolute atomic E-state index is 0.563. The van der Waals surface area contributed by atoms with Crippen LogP contribution in [0.3, 0.4) is 0 Å². The van der Waals surface area contributed by atoms with Crippen LogP contribution in [-0.4, -0.2) is 16.5 Å². The summed E-state index contributed by atoms with van der Waals surface area (Å²) in [6, 6.07) is 16.7. The fourth-order valence-electron chi connectivity index (χ4n) is 2.25. The second kappa shape index (κ2) is 7.93. The van der Waals surface area contributed by atoms with Crippen LogP contribution in [0.2, 0.25) is 0 Å². The highest BCUT2D eigenvalue weighted by molar-refractivity contribution is 7.15. The van der Waals surface area contributed by atoms with Crippen LogP contribution in [0.5, 0.6) is 0 Å². The van der Waals surface area contributed by atoms with Gasteiger partial charge in [-0.05, 0) is 29.7 Å². The van der Waals surface area contributed by atoms with E-state index in [0.29, 0.717) is 11.9 Å². The first-order valence-electron chi connectivity index (χ1n) is 8.15. The highest BCUT2D eigenvalue weighted by atomic mass is 32.1. The van der Waals surface area contributed by atoms with E-state index >= 15 is 0 Å². The van der Waals surface area contributed by atoms with Crippen LogP contribution in [0.1, 0.15) is 18.7 Å². The molecule has 4 nitrogen and oxygen atoms in total. The standard InChI is InChI=1S/C19H22N4S/c1-14(2)12-22-19-20-11-10-18(23-19)21-13-16-8-9-17(24-16)15-6-4-3-5-7-15/h3-11,14H,12-13H2,1-2H3,(H2,20,21,22,23). The molecule has 2 N–H and O–H groups in total. The third-order valence-corrected chi connectivity index (χ3v) is 4.62. The van der Waals surface area contributed by atoms with Gasteiger partial charge in [0.2, 0.25) is 5.95 Å². The first-order valence-corrected chi connectivity index (χ1v) is 8.97. The van der Waals surface area contributed by atoms with Crippen LogP contribution in [0.4, 0.5) is 11.8 Å². The lowest BCUT2D eigenvalue weighted by Crippen LogP contribution is -2.11. The predicted molar refractivity (Wildman–Crippen MR) is 102 cm³/mol. The third kappa shape index (κ3) is 4.55. The Morgan fingerprint density at radius 3 is 2.62 bits per heavy atom. The summed E-state index contributed by atoms with van der Waals surface area (Å²) >= 11 is 1.80. The Bertz CT molecular complexity index is 768. The van der Waals surface area contributed by atoms with Crippen molar-refractivity contribution in [3.8, 4) is 10.4 Å². The molecule has 0 aliphatic carbocycles. The van der Waals surface area contributed by atoms with Gasteiger partial charge in [-0.2, -0.15) is 4.98 Å². The molecule has 0 aliphatic heterocycles. The molecule has 3 rings (SSSR count). The maximum absolute atomic E-state index is 4.50. The van der Waals surface area contributed by atoms with Crippen molar-refractivity contribution in [1.29, 1.82) is 0 Å². The van der Waals surface area contributed by atoms with Crippen LogP contribution >= 0.6 is 11.3 Å². The molecule has 0 saturated carbocycles. The molecule has 2 heterocycles. The Morgan fingerprint density at radius 2 is 1.83 bits per heavy atom. The minimum atomic E-state index is 0.563. The topological polar surface area (TPSA) is 49.8 Å². The Balaban J connectivity index is 1.60. The molecule has 0 radical (unpaired) electrons. The number of hydrogen-bond acceptors (Lipinski definition) is 5. The molecular weight excluding hydrogens is 316 g/mol. The minimum Gasteiger partial charge on any atom is -0.365 e. The van der Waals surface area contributed by atoms with Crippen molar-refractivity contribution in [3.05, 3.63) is 59.6 Å². The Morgan fingerprint density at radius 1 is 1.00 bits per heavy atom. The van der Waals surface area contributed by atoms with E-state index in [2.05, 4.69) is 70.8 Å². The smallest absolute Gasteiger partial charge is 0.224 e. The maximum Gasteiger partial charge on any atom is 0.224 e. The first-order chi connectivity index (χ1) is 11.7. The molecule has 5 heteroatoms. The number of anilines is 2. The molecule has 0 unspecified atom stereocenters. The molecule has 0 aliphatic rings. The molecule has 0 saturated heterocycles. The largest absolute Gasteiger partial charge is 0.365 e. The van der Waals surface area contributed by atoms with E-state index < -0.39 is 0 Å². The zero-order valence-electron chi connectivity index (χ0n) is 14.0. The number of aromatic nitrogens is 2. The summed E-state index contributed by atoms with van der Waals surface area (Å²) in [5.41, 5.74) is 1.26. The van der Waals surface area contributed by atoms with Crippen molar-refractivity contribution < 1.29 is 0 Å². The molecule has 124 valence electrons. The molecule has 0 bridgehead atoms. The molecular formula is C19H22N4S. The highest BCUT2D eigenvalue weighted by Gasteiger charge is 2.04. The lowest BCUT2D eigenvalue weighted by atomic mass is 10.2. The van der Waals surface area contributed by atoms with Gasteiger partial charge >= 0.3 is 0 Å². The molecule has 0 amide bonds. The Labute approximate surface area is 147 Å². The predicted octanol–water partition coefficient (Wildman–Crippen LogP) is 4.89. The van der Waals surface area contributed by atoms with Crippen molar-refractivity contribution in [2.45, 2.75) is 20.4 Å². The van der Waals surface area contributed by atoms with Gasteiger partial charge in [0.1, 0.15) is 5.82 Å². The normalized spacial score (nSPS) is 10.8. The van der Waals surface area contributed by atoms with Crippen LogP contribution in [0.25, 0.3) is 10.4 Å². The van der Waals surface area contributed by atoms with E-state index in [1.165, 1.54) is 15.3 Å². The van der Waals surface area contributed by atoms with Crippen molar-refractivity contribution in [1.82, 2.24) is 9.97 Å². The van der Waals surface area contributed by atoms with E-state index in [1.807, 2.05) is 12.1 Å². The number of benzene rings is 1. The average molecular weight is 338 g/mol. The van der Waals surface area contributed by atoms with Crippen molar-refractivity contribution in [2.75, 3.05) is 17.2 Å². The van der Waals surface area contributed by atoms with E-state index in [1.54, 1.807) is 17.5 Å². The van der Waals surface area contributed by atoms with E-state index in [4.69, 9.17) is 0 Å². The summed E-state index contributed by atoms with van der Waals surface area (Å²) in [6.45, 7) is 5.96. The van der Waals surface area contributed by atoms with Gasteiger partial charge in [0.25, 0.3) is 0 Å². The summed E-state index contributed by atoms with van der Waals surface area (Å²) < 4.78 is 0. The van der Waals surface area contributed by atoms with Gasteiger partial charge in [-0.1, -0.05) is 44.2 Å². The highest BCUT2D eigenvalue weighted by Crippen LogP contribution is 2.28. The summed E-state index contributed by atoms with van der Waals surface area (Å²) in [5.74, 6) is 2.07. The second-order valence-electron chi connectivity index (χ2n) is 6.03. The van der Waals surface area contributed by atoms with Gasteiger partial charge in [0.15, 0.2) is 0 Å². The third-order valence-electron chi connectivity index (χ3n) is 3.49. The monoisotopic (exact) mass is 338 g/mol. The first kappa shape index (κ1) is 16.5. The molecule has 0 fully saturated rings. The van der Waals surface area contributed by atoms with Crippen molar-refractivity contribution in [2.24, 2.45) is 5.92 Å². The molecule has 0 atom stereocenters. The van der Waals surface area contributed by atoms with Crippen LogP contribution < -0.4 is 10.6 Å². The van der Waals surface area contributed by atoms with Gasteiger partial charge < -0.3 is 10.6 Å². The number of nitrogens with one attached hydrogen (secondary N) is 2. The lowest BCUT2D eigenvalue weighted by molar-refractivity contribution is 0.684. The number of hydrogen-bond donors (Lipinski definition) is 2. The molecule has 2 aromatic heterocycles. The fourth-order valence-corrected chi connectivity index (χ4v) is 3.20. The summed E-state index contributed by atoms with van der Waals surface area (Å²) in [6.07, 6.45) is 1.78. The fraction of sp³-hybridized carbons (Fsp3) is 0.263. The van der Waals surface area contributed by atoms with Gasteiger partial charge in [-0.25, -0.2) is 4.98 Å². The molecule has 3 aromatic rings. The maximum atomic E-state index is 4.50. The van der Waals surface area contributed by atoms with E-state index in [-0.39, 0.29) is 0 Å². The van der Waals surface area contributed by atoms with Gasteiger partial charge in [-0.15, -0.1) is 11.3 Å². The molecule has 0 spiro atoms. The summed E-state index contributed by atoms with van der Waals surface area (Å²) in [7, 11) is 0. The lowest BCUT2D eigenvalue weighted by Gasteiger charge is -2.09. The average Bonchev–Trinajstić information content (AvgIpc) is 3.08. The molecule has 1 aromatic carbocycles. The second-order valence-corrected chi connectivity index (χ2v) is 7.19. The van der Waals surface area contributed by atoms with Crippen molar-refractivity contribution in [3.63, 3.8) is 0 Å². The van der Waals surface area contributed by atoms with Gasteiger partial charge in [0, 0.05) is 22.5 Å². The number of thiophene rings is 1. The Kier molecular flexibility index (Phi) is 5.43. The SMILES string of the molecule is CC(C)CNc1nccc(NCc2ccc(-c3ccccc3)s2)n1. The summed E-state index contributed by atoms with van der Waals surface area (Å²) in [4.78, 5) is 11.3. The zero-order valence-corrected chi connectivity index (χ0v) is 14.8.